The summed E-state index contributed by atoms with van der Waals surface area (Å²) in [4.78, 5) is 10.6. The molecule has 1 heterocycles. The quantitative estimate of drug-likeness (QED) is 0.839. The van der Waals surface area contributed by atoms with E-state index >= 15 is 0 Å². The second kappa shape index (κ2) is 4.04. The first-order valence-corrected chi connectivity index (χ1v) is 5.66. The lowest BCUT2D eigenvalue weighted by molar-refractivity contribution is -0.137. The summed E-state index contributed by atoms with van der Waals surface area (Å²) in [6.07, 6.45) is 0.777. The van der Waals surface area contributed by atoms with Gasteiger partial charge in [0.2, 0.25) is 0 Å². The summed E-state index contributed by atoms with van der Waals surface area (Å²) in [7, 11) is 0. The molecule has 4 heteroatoms. The fraction of sp³-hybridized carbons (Fsp3) is 0.462. The van der Waals surface area contributed by atoms with Gasteiger partial charge in [0.15, 0.2) is 0 Å². The van der Waals surface area contributed by atoms with Crippen LogP contribution in [0.15, 0.2) is 18.2 Å². The van der Waals surface area contributed by atoms with Gasteiger partial charge in [-0.15, -0.1) is 0 Å². The SMILES string of the molecule is CC1(C)Cc2cc(C(N)CC(=O)O)ccc2O1. The van der Waals surface area contributed by atoms with Crippen molar-refractivity contribution in [2.24, 2.45) is 5.73 Å². The van der Waals surface area contributed by atoms with Gasteiger partial charge < -0.3 is 15.6 Å². The van der Waals surface area contributed by atoms with Gasteiger partial charge in [-0.05, 0) is 31.0 Å². The highest BCUT2D eigenvalue weighted by Crippen LogP contribution is 2.36. The van der Waals surface area contributed by atoms with Crippen LogP contribution in [0.1, 0.15) is 37.4 Å². The number of carbonyl (C=O) groups is 1. The molecule has 0 amide bonds. The highest BCUT2D eigenvalue weighted by Gasteiger charge is 2.30. The number of carboxylic acids is 1. The van der Waals surface area contributed by atoms with Crippen LogP contribution in [0.3, 0.4) is 0 Å². The van der Waals surface area contributed by atoms with E-state index in [4.69, 9.17) is 15.6 Å². The number of carboxylic acid groups (broad SMARTS) is 1. The van der Waals surface area contributed by atoms with Crippen molar-refractivity contribution in [2.75, 3.05) is 0 Å². The molecule has 0 aliphatic carbocycles. The topological polar surface area (TPSA) is 72.6 Å². The van der Waals surface area contributed by atoms with E-state index in [1.165, 1.54) is 0 Å². The second-order valence-corrected chi connectivity index (χ2v) is 5.11. The molecule has 4 nitrogen and oxygen atoms in total. The Labute approximate surface area is 100 Å². The van der Waals surface area contributed by atoms with Crippen molar-refractivity contribution in [2.45, 2.75) is 38.3 Å². The van der Waals surface area contributed by atoms with E-state index < -0.39 is 12.0 Å². The van der Waals surface area contributed by atoms with E-state index in [1.807, 2.05) is 32.0 Å². The number of nitrogens with two attached hydrogens (primary N) is 1. The molecule has 1 aromatic rings. The second-order valence-electron chi connectivity index (χ2n) is 5.11. The van der Waals surface area contributed by atoms with Gasteiger partial charge in [0.25, 0.3) is 0 Å². The Balaban J connectivity index is 2.21. The molecule has 1 unspecified atom stereocenters. The molecule has 1 aliphatic heterocycles. The Bertz CT molecular complexity index is 454. The van der Waals surface area contributed by atoms with Gasteiger partial charge in [0.05, 0.1) is 6.42 Å². The maximum atomic E-state index is 10.6. The normalized spacial score (nSPS) is 18.3. The van der Waals surface area contributed by atoms with Gasteiger partial charge in [-0.3, -0.25) is 4.79 Å². The summed E-state index contributed by atoms with van der Waals surface area (Å²) >= 11 is 0. The molecule has 0 aromatic heterocycles. The summed E-state index contributed by atoms with van der Waals surface area (Å²) in [5, 5.41) is 8.72. The third-order valence-corrected chi connectivity index (χ3v) is 2.91. The van der Waals surface area contributed by atoms with Crippen molar-refractivity contribution >= 4 is 5.97 Å². The smallest absolute Gasteiger partial charge is 0.305 e. The van der Waals surface area contributed by atoms with E-state index in [9.17, 15) is 4.79 Å². The monoisotopic (exact) mass is 235 g/mol. The maximum Gasteiger partial charge on any atom is 0.305 e. The Morgan fingerprint density at radius 3 is 2.94 bits per heavy atom. The molecule has 0 spiro atoms. The zero-order valence-corrected chi connectivity index (χ0v) is 10.1. The van der Waals surface area contributed by atoms with Crippen LogP contribution in [0.2, 0.25) is 0 Å². The van der Waals surface area contributed by atoms with Crippen LogP contribution in [-0.4, -0.2) is 16.7 Å². The zero-order chi connectivity index (χ0) is 12.6. The summed E-state index contributed by atoms with van der Waals surface area (Å²) in [5.74, 6) is -0.00384. The highest BCUT2D eigenvalue weighted by molar-refractivity contribution is 5.68. The number of ether oxygens (including phenoxy) is 1. The number of hydrogen-bond acceptors (Lipinski definition) is 3. The molecule has 1 aliphatic rings. The number of fused-ring (bicyclic) bond motifs is 1. The molecular formula is C13H17NO3. The minimum Gasteiger partial charge on any atom is -0.487 e. The largest absolute Gasteiger partial charge is 0.487 e. The Kier molecular flexibility index (Phi) is 2.83. The molecule has 0 radical (unpaired) electrons. The molecule has 3 N–H and O–H groups in total. The van der Waals surface area contributed by atoms with Gasteiger partial charge in [0.1, 0.15) is 11.4 Å². The van der Waals surface area contributed by atoms with Crippen LogP contribution < -0.4 is 10.5 Å². The van der Waals surface area contributed by atoms with Crippen molar-refractivity contribution in [1.29, 1.82) is 0 Å². The number of hydrogen-bond donors (Lipinski definition) is 2. The maximum absolute atomic E-state index is 10.6. The van der Waals surface area contributed by atoms with Gasteiger partial charge in [-0.25, -0.2) is 0 Å². The van der Waals surface area contributed by atoms with E-state index in [0.717, 1.165) is 23.3 Å². The Morgan fingerprint density at radius 2 is 2.29 bits per heavy atom. The molecule has 0 fully saturated rings. The molecule has 1 atom stereocenters. The fourth-order valence-electron chi connectivity index (χ4n) is 2.17. The minimum atomic E-state index is -0.880. The van der Waals surface area contributed by atoms with Gasteiger partial charge in [0, 0.05) is 12.5 Å². The van der Waals surface area contributed by atoms with Crippen molar-refractivity contribution in [3.63, 3.8) is 0 Å². The molecular weight excluding hydrogens is 218 g/mol. The standard InChI is InChI=1S/C13H17NO3/c1-13(2)7-9-5-8(3-4-11(9)17-13)10(14)6-12(15)16/h3-5,10H,6-7,14H2,1-2H3,(H,15,16). The van der Waals surface area contributed by atoms with Gasteiger partial charge >= 0.3 is 5.97 Å². The highest BCUT2D eigenvalue weighted by atomic mass is 16.5. The minimum absolute atomic E-state index is 0.0525. The average molecular weight is 235 g/mol. The number of rotatable bonds is 3. The van der Waals surface area contributed by atoms with Crippen molar-refractivity contribution in [1.82, 2.24) is 0 Å². The van der Waals surface area contributed by atoms with Gasteiger partial charge in [-0.2, -0.15) is 0 Å². The fourth-order valence-corrected chi connectivity index (χ4v) is 2.17. The van der Waals surface area contributed by atoms with Crippen LogP contribution in [0.5, 0.6) is 5.75 Å². The van der Waals surface area contributed by atoms with Crippen molar-refractivity contribution < 1.29 is 14.6 Å². The average Bonchev–Trinajstić information content (AvgIpc) is 2.48. The predicted molar refractivity (Wildman–Crippen MR) is 64.0 cm³/mol. The predicted octanol–water partition coefficient (Wildman–Crippen LogP) is 1.87. The number of aliphatic carboxylic acids is 1. The first-order chi connectivity index (χ1) is 7.87. The van der Waals surface area contributed by atoms with Crippen LogP contribution in [-0.2, 0) is 11.2 Å². The lowest BCUT2D eigenvalue weighted by Crippen LogP contribution is -2.24. The molecule has 92 valence electrons. The lowest BCUT2D eigenvalue weighted by atomic mass is 9.97. The van der Waals surface area contributed by atoms with E-state index in [-0.39, 0.29) is 12.0 Å². The molecule has 0 bridgehead atoms. The molecule has 0 saturated heterocycles. The summed E-state index contributed by atoms with van der Waals surface area (Å²) in [6.45, 7) is 4.06. The first kappa shape index (κ1) is 11.9. The van der Waals surface area contributed by atoms with Crippen molar-refractivity contribution in [3.05, 3.63) is 29.3 Å². The van der Waals surface area contributed by atoms with Crippen LogP contribution in [0.25, 0.3) is 0 Å². The van der Waals surface area contributed by atoms with E-state index in [0.29, 0.717) is 0 Å². The lowest BCUT2D eigenvalue weighted by Gasteiger charge is -2.16. The van der Waals surface area contributed by atoms with Gasteiger partial charge in [-0.1, -0.05) is 12.1 Å². The third-order valence-electron chi connectivity index (χ3n) is 2.91. The van der Waals surface area contributed by atoms with Crippen molar-refractivity contribution in [3.8, 4) is 5.75 Å². The first-order valence-electron chi connectivity index (χ1n) is 5.66. The van der Waals surface area contributed by atoms with Crippen LogP contribution in [0.4, 0.5) is 0 Å². The van der Waals surface area contributed by atoms with Crippen LogP contribution >= 0.6 is 0 Å². The molecule has 2 rings (SSSR count). The number of benzene rings is 1. The Morgan fingerprint density at radius 1 is 1.59 bits per heavy atom. The Hall–Kier alpha value is -1.55. The summed E-state index contributed by atoms with van der Waals surface area (Å²) < 4.78 is 5.75. The van der Waals surface area contributed by atoms with E-state index in [1.54, 1.807) is 0 Å². The third kappa shape index (κ3) is 2.58. The summed E-state index contributed by atoms with van der Waals surface area (Å²) in [6, 6.07) is 5.22. The zero-order valence-electron chi connectivity index (χ0n) is 10.1. The molecule has 0 saturated carbocycles. The molecule has 1 aromatic carbocycles. The van der Waals surface area contributed by atoms with E-state index in [2.05, 4.69) is 0 Å². The van der Waals surface area contributed by atoms with Crippen LogP contribution in [0, 0.1) is 0 Å². The molecule has 17 heavy (non-hydrogen) atoms. The summed E-state index contributed by atoms with van der Waals surface area (Å²) in [5.41, 5.74) is 7.61.